The lowest BCUT2D eigenvalue weighted by molar-refractivity contribution is -0.143. The number of hydrogen-bond donors (Lipinski definition) is 0. The minimum atomic E-state index is -0.421. The molecule has 2 aromatic rings. The molecule has 0 saturated carbocycles. The van der Waals surface area contributed by atoms with Gasteiger partial charge in [0, 0.05) is 33.6 Å². The van der Waals surface area contributed by atoms with Crippen LogP contribution < -0.4 is 11.2 Å². The Morgan fingerprint density at radius 3 is 2.72 bits per heavy atom. The van der Waals surface area contributed by atoms with Crippen molar-refractivity contribution in [2.75, 3.05) is 13.2 Å². The van der Waals surface area contributed by atoms with Crippen LogP contribution in [0.4, 0.5) is 0 Å². The van der Waals surface area contributed by atoms with Gasteiger partial charge in [-0.3, -0.25) is 18.7 Å². The lowest BCUT2D eigenvalue weighted by Crippen LogP contribution is -2.50. The molecule has 1 fully saturated rings. The number of nitrogens with zero attached hydrogens (tertiary/aromatic N) is 5. The SMILES string of the molecule is CC1CN(C(=O)CCn2cnc3c2c(=O)n(C)c(=O)n3C)C(C)CO1. The van der Waals surface area contributed by atoms with E-state index in [-0.39, 0.29) is 24.5 Å². The van der Waals surface area contributed by atoms with E-state index < -0.39 is 11.2 Å². The molecule has 2 aromatic heterocycles. The Kier molecular flexibility index (Phi) is 4.51. The van der Waals surface area contributed by atoms with E-state index in [1.807, 2.05) is 18.7 Å². The molecule has 136 valence electrons. The predicted molar refractivity (Wildman–Crippen MR) is 91.4 cm³/mol. The van der Waals surface area contributed by atoms with Gasteiger partial charge in [0.2, 0.25) is 5.91 Å². The van der Waals surface area contributed by atoms with Crippen LogP contribution >= 0.6 is 0 Å². The highest BCUT2D eigenvalue weighted by Crippen LogP contribution is 2.14. The molecule has 25 heavy (non-hydrogen) atoms. The average Bonchev–Trinajstić information content (AvgIpc) is 3.02. The lowest BCUT2D eigenvalue weighted by Gasteiger charge is -2.36. The van der Waals surface area contributed by atoms with Crippen molar-refractivity contribution in [3.8, 4) is 0 Å². The number of carbonyl (C=O) groups excluding carboxylic acids is 1. The lowest BCUT2D eigenvalue weighted by atomic mass is 10.2. The summed E-state index contributed by atoms with van der Waals surface area (Å²) in [6, 6.07) is 0.0388. The van der Waals surface area contributed by atoms with E-state index in [0.717, 1.165) is 4.57 Å². The third-order valence-electron chi connectivity index (χ3n) is 4.71. The van der Waals surface area contributed by atoms with Gasteiger partial charge in [0.25, 0.3) is 5.56 Å². The second kappa shape index (κ2) is 6.47. The van der Waals surface area contributed by atoms with Gasteiger partial charge in [-0.15, -0.1) is 0 Å². The van der Waals surface area contributed by atoms with Crippen LogP contribution in [0, 0.1) is 0 Å². The van der Waals surface area contributed by atoms with E-state index in [1.165, 1.54) is 17.9 Å². The second-order valence-electron chi connectivity index (χ2n) is 6.61. The average molecular weight is 349 g/mol. The van der Waals surface area contributed by atoms with Crippen LogP contribution in [0.5, 0.6) is 0 Å². The molecule has 1 amide bonds. The Morgan fingerprint density at radius 1 is 1.28 bits per heavy atom. The quantitative estimate of drug-likeness (QED) is 0.742. The van der Waals surface area contributed by atoms with Crippen LogP contribution in [0.3, 0.4) is 0 Å². The molecular weight excluding hydrogens is 326 g/mol. The standard InChI is InChI=1S/C16H23N5O4/c1-10-8-25-11(2)7-21(10)12(22)5-6-20-9-17-14-13(20)15(23)19(4)16(24)18(14)3/h9-11H,5-8H2,1-4H3. The van der Waals surface area contributed by atoms with Crippen LogP contribution in [0.15, 0.2) is 15.9 Å². The maximum atomic E-state index is 12.6. The molecular formula is C16H23N5O4. The summed E-state index contributed by atoms with van der Waals surface area (Å²) in [6.45, 7) is 5.34. The van der Waals surface area contributed by atoms with E-state index >= 15 is 0 Å². The number of ether oxygens (including phenoxy) is 1. The molecule has 2 unspecified atom stereocenters. The highest BCUT2D eigenvalue weighted by molar-refractivity contribution is 5.77. The van der Waals surface area contributed by atoms with Crippen LogP contribution in [0.2, 0.25) is 0 Å². The summed E-state index contributed by atoms with van der Waals surface area (Å²) in [5.41, 5.74) is -0.166. The topological polar surface area (TPSA) is 91.4 Å². The first-order chi connectivity index (χ1) is 11.8. The van der Waals surface area contributed by atoms with Gasteiger partial charge in [-0.25, -0.2) is 9.78 Å². The zero-order valence-electron chi connectivity index (χ0n) is 14.9. The molecule has 1 aliphatic heterocycles. The number of morpholine rings is 1. The number of carbonyl (C=O) groups is 1. The highest BCUT2D eigenvalue weighted by Gasteiger charge is 2.27. The van der Waals surface area contributed by atoms with E-state index in [0.29, 0.717) is 30.9 Å². The van der Waals surface area contributed by atoms with Crippen molar-refractivity contribution >= 4 is 17.1 Å². The van der Waals surface area contributed by atoms with Gasteiger partial charge in [0.15, 0.2) is 11.2 Å². The van der Waals surface area contributed by atoms with E-state index in [4.69, 9.17) is 4.74 Å². The van der Waals surface area contributed by atoms with Crippen molar-refractivity contribution < 1.29 is 9.53 Å². The molecule has 2 atom stereocenters. The fraction of sp³-hybridized carbons (Fsp3) is 0.625. The van der Waals surface area contributed by atoms with Gasteiger partial charge >= 0.3 is 5.69 Å². The summed E-state index contributed by atoms with van der Waals surface area (Å²) < 4.78 is 9.57. The molecule has 3 heterocycles. The summed E-state index contributed by atoms with van der Waals surface area (Å²) in [7, 11) is 3.01. The Labute approximate surface area is 144 Å². The molecule has 9 nitrogen and oxygen atoms in total. The number of aromatic nitrogens is 4. The zero-order valence-corrected chi connectivity index (χ0v) is 14.9. The largest absolute Gasteiger partial charge is 0.375 e. The summed E-state index contributed by atoms with van der Waals surface area (Å²) in [6.07, 6.45) is 1.79. The Bertz CT molecular complexity index is 925. The minimum absolute atomic E-state index is 0.0196. The summed E-state index contributed by atoms with van der Waals surface area (Å²) in [5.74, 6) is 0.0196. The third kappa shape index (κ3) is 2.99. The third-order valence-corrected chi connectivity index (χ3v) is 4.71. The maximum Gasteiger partial charge on any atom is 0.332 e. The van der Waals surface area contributed by atoms with Crippen LogP contribution in [0.1, 0.15) is 20.3 Å². The van der Waals surface area contributed by atoms with E-state index in [9.17, 15) is 14.4 Å². The number of aryl methyl sites for hydroxylation is 2. The van der Waals surface area contributed by atoms with Gasteiger partial charge in [0.05, 0.1) is 25.1 Å². The number of rotatable bonds is 3. The Balaban J connectivity index is 1.83. The number of hydrogen-bond acceptors (Lipinski definition) is 5. The number of fused-ring (bicyclic) bond motifs is 1. The van der Waals surface area contributed by atoms with Crippen molar-refractivity contribution in [2.45, 2.75) is 39.0 Å². The summed E-state index contributed by atoms with van der Waals surface area (Å²) >= 11 is 0. The second-order valence-corrected chi connectivity index (χ2v) is 6.61. The van der Waals surface area contributed by atoms with Crippen LogP contribution in [0.25, 0.3) is 11.2 Å². The monoisotopic (exact) mass is 349 g/mol. The highest BCUT2D eigenvalue weighted by atomic mass is 16.5. The fourth-order valence-electron chi connectivity index (χ4n) is 3.18. The fourth-order valence-corrected chi connectivity index (χ4v) is 3.18. The Morgan fingerprint density at radius 2 is 2.00 bits per heavy atom. The van der Waals surface area contributed by atoms with Gasteiger partial charge in [0.1, 0.15) is 0 Å². The molecule has 0 N–H and O–H groups in total. The van der Waals surface area contributed by atoms with Crippen molar-refractivity contribution in [2.24, 2.45) is 14.1 Å². The van der Waals surface area contributed by atoms with E-state index in [1.54, 1.807) is 11.6 Å². The van der Waals surface area contributed by atoms with Gasteiger partial charge in [-0.1, -0.05) is 0 Å². The predicted octanol–water partition coefficient (Wildman–Crippen LogP) is -0.540. The first kappa shape index (κ1) is 17.4. The Hall–Kier alpha value is -2.42. The number of imidazole rings is 1. The smallest absolute Gasteiger partial charge is 0.332 e. The van der Waals surface area contributed by atoms with Crippen molar-refractivity contribution in [1.29, 1.82) is 0 Å². The molecule has 9 heteroatoms. The van der Waals surface area contributed by atoms with Crippen molar-refractivity contribution in [3.63, 3.8) is 0 Å². The number of amides is 1. The molecule has 3 rings (SSSR count). The summed E-state index contributed by atoms with van der Waals surface area (Å²) in [4.78, 5) is 42.9. The van der Waals surface area contributed by atoms with Gasteiger partial charge in [-0.05, 0) is 13.8 Å². The first-order valence-electron chi connectivity index (χ1n) is 8.33. The summed E-state index contributed by atoms with van der Waals surface area (Å²) in [5, 5.41) is 0. The molecule has 0 radical (unpaired) electrons. The molecule has 1 saturated heterocycles. The molecule has 0 spiro atoms. The molecule has 1 aliphatic rings. The zero-order chi connectivity index (χ0) is 18.3. The van der Waals surface area contributed by atoms with Crippen molar-refractivity contribution in [3.05, 3.63) is 27.2 Å². The molecule has 0 aromatic carbocycles. The van der Waals surface area contributed by atoms with Gasteiger partial charge < -0.3 is 14.2 Å². The van der Waals surface area contributed by atoms with Gasteiger partial charge in [-0.2, -0.15) is 0 Å². The van der Waals surface area contributed by atoms with Crippen molar-refractivity contribution in [1.82, 2.24) is 23.6 Å². The van der Waals surface area contributed by atoms with E-state index in [2.05, 4.69) is 4.98 Å². The van der Waals surface area contributed by atoms with Crippen LogP contribution in [-0.4, -0.2) is 54.8 Å². The maximum absolute atomic E-state index is 12.6. The first-order valence-corrected chi connectivity index (χ1v) is 8.33. The normalized spacial score (nSPS) is 21.0. The van der Waals surface area contributed by atoms with Crippen LogP contribution in [-0.2, 0) is 30.2 Å². The minimum Gasteiger partial charge on any atom is -0.375 e. The molecule has 0 aliphatic carbocycles. The molecule has 0 bridgehead atoms.